The Morgan fingerprint density at radius 1 is 0.676 bits per heavy atom. The standard InChI is InChI=1S/C29H38N2O6/c1-3-5-15-30-25(32)21-7-11-23(12-8-21)27-34-17-29(18-35-27)19-36-28(37-20-29)24-13-9-22(10-14-24)26(33)31-16-6-4-2/h7-14,27-28H,3-6,15-20H2,1-2H3,(H,30,32)(H,31,33). The molecule has 2 aromatic rings. The van der Waals surface area contributed by atoms with Crippen LogP contribution in [0.15, 0.2) is 48.5 Å². The summed E-state index contributed by atoms with van der Waals surface area (Å²) < 4.78 is 24.1. The summed E-state index contributed by atoms with van der Waals surface area (Å²) in [7, 11) is 0. The zero-order valence-electron chi connectivity index (χ0n) is 21.8. The number of carbonyl (C=O) groups is 2. The molecule has 0 radical (unpaired) electrons. The fourth-order valence-electron chi connectivity index (χ4n) is 4.29. The maximum atomic E-state index is 12.2. The van der Waals surface area contributed by atoms with Crippen LogP contribution in [0.5, 0.6) is 0 Å². The SMILES string of the molecule is CCCCNC(=O)c1ccc(C2OCC3(CO2)COC(c2ccc(C(=O)NCCCC)cc2)OC3)cc1. The number of carbonyl (C=O) groups excluding carboxylic acids is 2. The van der Waals surface area contributed by atoms with E-state index < -0.39 is 12.6 Å². The smallest absolute Gasteiger partial charge is 0.251 e. The first-order valence-corrected chi connectivity index (χ1v) is 13.3. The van der Waals surface area contributed by atoms with Crippen LogP contribution in [0.25, 0.3) is 0 Å². The van der Waals surface area contributed by atoms with E-state index >= 15 is 0 Å². The van der Waals surface area contributed by atoms with Gasteiger partial charge in [-0.25, -0.2) is 0 Å². The van der Waals surface area contributed by atoms with E-state index in [-0.39, 0.29) is 17.2 Å². The molecule has 0 bridgehead atoms. The number of amides is 2. The summed E-state index contributed by atoms with van der Waals surface area (Å²) in [6.07, 6.45) is 3.04. The van der Waals surface area contributed by atoms with Crippen molar-refractivity contribution in [2.75, 3.05) is 39.5 Å². The molecule has 37 heavy (non-hydrogen) atoms. The number of hydrogen-bond donors (Lipinski definition) is 2. The molecule has 0 saturated carbocycles. The van der Waals surface area contributed by atoms with Crippen molar-refractivity contribution in [2.45, 2.75) is 52.1 Å². The maximum absolute atomic E-state index is 12.2. The van der Waals surface area contributed by atoms with Gasteiger partial charge in [0.2, 0.25) is 0 Å². The van der Waals surface area contributed by atoms with Crippen LogP contribution in [0.4, 0.5) is 0 Å². The summed E-state index contributed by atoms with van der Waals surface area (Å²) in [5.74, 6) is -0.138. The minimum Gasteiger partial charge on any atom is -0.352 e. The first kappa shape index (κ1) is 27.3. The molecule has 1 spiro atoms. The summed E-state index contributed by atoms with van der Waals surface area (Å²) in [6.45, 7) is 7.33. The van der Waals surface area contributed by atoms with Gasteiger partial charge in [0.1, 0.15) is 0 Å². The van der Waals surface area contributed by atoms with E-state index in [2.05, 4.69) is 24.5 Å². The molecule has 2 saturated heterocycles. The van der Waals surface area contributed by atoms with Crippen molar-refractivity contribution in [3.05, 3.63) is 70.8 Å². The van der Waals surface area contributed by atoms with E-state index in [0.29, 0.717) is 50.6 Å². The van der Waals surface area contributed by atoms with E-state index in [0.717, 1.165) is 36.8 Å². The van der Waals surface area contributed by atoms with Gasteiger partial charge in [0.25, 0.3) is 11.8 Å². The molecule has 8 nitrogen and oxygen atoms in total. The van der Waals surface area contributed by atoms with Gasteiger partial charge in [-0.2, -0.15) is 0 Å². The van der Waals surface area contributed by atoms with Crippen molar-refractivity contribution in [2.24, 2.45) is 5.41 Å². The molecule has 8 heteroatoms. The van der Waals surface area contributed by atoms with Crippen molar-refractivity contribution < 1.29 is 28.5 Å². The molecule has 0 atom stereocenters. The monoisotopic (exact) mass is 510 g/mol. The van der Waals surface area contributed by atoms with Crippen LogP contribution in [0.1, 0.15) is 84.0 Å². The quantitative estimate of drug-likeness (QED) is 0.456. The molecule has 2 aromatic carbocycles. The first-order chi connectivity index (χ1) is 18.0. The fraction of sp³-hybridized carbons (Fsp3) is 0.517. The molecule has 2 aliphatic heterocycles. The molecular weight excluding hydrogens is 472 g/mol. The Morgan fingerprint density at radius 2 is 1.03 bits per heavy atom. The predicted molar refractivity (Wildman–Crippen MR) is 139 cm³/mol. The lowest BCUT2D eigenvalue weighted by Gasteiger charge is -2.43. The lowest BCUT2D eigenvalue weighted by Crippen LogP contribution is -2.49. The third kappa shape index (κ3) is 7.17. The van der Waals surface area contributed by atoms with Gasteiger partial charge in [-0.15, -0.1) is 0 Å². The van der Waals surface area contributed by atoms with Crippen LogP contribution >= 0.6 is 0 Å². The molecule has 2 N–H and O–H groups in total. The Bertz CT molecular complexity index is 921. The topological polar surface area (TPSA) is 95.1 Å². The van der Waals surface area contributed by atoms with Crippen LogP contribution in [0.2, 0.25) is 0 Å². The molecule has 0 aromatic heterocycles. The van der Waals surface area contributed by atoms with Crippen LogP contribution in [-0.4, -0.2) is 51.3 Å². The van der Waals surface area contributed by atoms with Crippen molar-refractivity contribution in [1.82, 2.24) is 10.6 Å². The Balaban J connectivity index is 1.24. The van der Waals surface area contributed by atoms with Crippen LogP contribution in [-0.2, 0) is 18.9 Å². The number of unbranched alkanes of at least 4 members (excludes halogenated alkanes) is 2. The highest BCUT2D eigenvalue weighted by atomic mass is 16.7. The fourth-order valence-corrected chi connectivity index (χ4v) is 4.29. The minimum atomic E-state index is -0.489. The summed E-state index contributed by atoms with van der Waals surface area (Å²) in [5.41, 5.74) is 2.61. The van der Waals surface area contributed by atoms with Gasteiger partial charge in [0, 0.05) is 35.3 Å². The number of nitrogens with one attached hydrogen (secondary N) is 2. The van der Waals surface area contributed by atoms with E-state index in [1.807, 2.05) is 24.3 Å². The second-order valence-corrected chi connectivity index (χ2v) is 9.87. The Labute approximate surface area is 219 Å². The normalized spacial score (nSPS) is 23.5. The Morgan fingerprint density at radius 3 is 1.35 bits per heavy atom. The van der Waals surface area contributed by atoms with Crippen LogP contribution in [0.3, 0.4) is 0 Å². The summed E-state index contributed by atoms with van der Waals surface area (Å²) >= 11 is 0. The number of benzene rings is 2. The lowest BCUT2D eigenvalue weighted by atomic mass is 9.90. The first-order valence-electron chi connectivity index (χ1n) is 13.3. The van der Waals surface area contributed by atoms with Gasteiger partial charge in [-0.05, 0) is 37.1 Å². The van der Waals surface area contributed by atoms with E-state index in [1.54, 1.807) is 24.3 Å². The Kier molecular flexibility index (Phi) is 9.68. The summed E-state index contributed by atoms with van der Waals surface area (Å²) in [4.78, 5) is 24.4. The summed E-state index contributed by atoms with van der Waals surface area (Å²) in [6, 6.07) is 14.7. The highest BCUT2D eigenvalue weighted by Crippen LogP contribution is 2.38. The maximum Gasteiger partial charge on any atom is 0.251 e. The zero-order chi connectivity index (χ0) is 26.1. The Hall–Kier alpha value is -2.78. The molecule has 200 valence electrons. The highest BCUT2D eigenvalue weighted by Gasteiger charge is 2.42. The third-order valence-corrected chi connectivity index (χ3v) is 6.69. The summed E-state index contributed by atoms with van der Waals surface area (Å²) in [5, 5.41) is 5.85. The molecule has 2 aliphatic rings. The largest absolute Gasteiger partial charge is 0.352 e. The van der Waals surface area contributed by atoms with Crippen molar-refractivity contribution in [3.8, 4) is 0 Å². The third-order valence-electron chi connectivity index (χ3n) is 6.69. The average molecular weight is 511 g/mol. The molecular formula is C29H38N2O6. The second-order valence-electron chi connectivity index (χ2n) is 9.87. The van der Waals surface area contributed by atoms with Crippen LogP contribution in [0, 0.1) is 5.41 Å². The minimum absolute atomic E-state index is 0.0691. The van der Waals surface area contributed by atoms with E-state index in [1.165, 1.54) is 0 Å². The van der Waals surface area contributed by atoms with Crippen molar-refractivity contribution in [3.63, 3.8) is 0 Å². The second kappa shape index (κ2) is 13.1. The molecule has 2 heterocycles. The molecule has 0 aliphatic carbocycles. The van der Waals surface area contributed by atoms with Crippen molar-refractivity contribution >= 4 is 11.8 Å². The van der Waals surface area contributed by atoms with Gasteiger partial charge >= 0.3 is 0 Å². The van der Waals surface area contributed by atoms with Gasteiger partial charge in [-0.1, -0.05) is 51.0 Å². The van der Waals surface area contributed by atoms with E-state index in [4.69, 9.17) is 18.9 Å². The van der Waals surface area contributed by atoms with Crippen LogP contribution < -0.4 is 10.6 Å². The average Bonchev–Trinajstić information content (AvgIpc) is 2.94. The van der Waals surface area contributed by atoms with Gasteiger partial charge in [-0.3, -0.25) is 9.59 Å². The molecule has 0 unspecified atom stereocenters. The number of rotatable bonds is 10. The molecule has 2 amide bonds. The highest BCUT2D eigenvalue weighted by molar-refractivity contribution is 5.94. The number of ether oxygens (including phenoxy) is 4. The molecule has 2 fully saturated rings. The van der Waals surface area contributed by atoms with Gasteiger partial charge in [0.05, 0.1) is 31.8 Å². The number of hydrogen-bond acceptors (Lipinski definition) is 6. The molecule has 4 rings (SSSR count). The van der Waals surface area contributed by atoms with Crippen molar-refractivity contribution in [1.29, 1.82) is 0 Å². The van der Waals surface area contributed by atoms with Gasteiger partial charge in [0.15, 0.2) is 12.6 Å². The predicted octanol–water partition coefficient (Wildman–Crippen LogP) is 4.52. The van der Waals surface area contributed by atoms with E-state index in [9.17, 15) is 9.59 Å². The zero-order valence-corrected chi connectivity index (χ0v) is 21.8. The van der Waals surface area contributed by atoms with Gasteiger partial charge < -0.3 is 29.6 Å². The lowest BCUT2D eigenvalue weighted by molar-refractivity contribution is -0.307.